The van der Waals surface area contributed by atoms with Crippen LogP contribution in [-0.4, -0.2) is 59.0 Å². The average molecular weight is 531 g/mol. The number of fused-ring (bicyclic) bond motifs is 1. The number of nitrogens with one attached hydrogen (secondary N) is 1. The molecule has 2 aliphatic heterocycles. The summed E-state index contributed by atoms with van der Waals surface area (Å²) in [5.74, 6) is -0.842. The molecule has 0 radical (unpaired) electrons. The Kier molecular flexibility index (Phi) is 8.00. The minimum absolute atomic E-state index is 0.0115. The Morgan fingerprint density at radius 1 is 1.19 bits per heavy atom. The summed E-state index contributed by atoms with van der Waals surface area (Å²) < 4.78 is 16.0. The lowest BCUT2D eigenvalue weighted by Gasteiger charge is -2.50. The van der Waals surface area contributed by atoms with Gasteiger partial charge in [-0.05, 0) is 36.1 Å². The third-order valence-electron chi connectivity index (χ3n) is 5.78. The molecule has 0 aliphatic carbocycles. The van der Waals surface area contributed by atoms with Crippen LogP contribution >= 0.6 is 23.1 Å². The summed E-state index contributed by atoms with van der Waals surface area (Å²) in [6.45, 7) is 2.92. The van der Waals surface area contributed by atoms with E-state index >= 15 is 0 Å². The predicted octanol–water partition coefficient (Wildman–Crippen LogP) is 2.65. The lowest BCUT2D eigenvalue weighted by molar-refractivity contribution is -0.154. The van der Waals surface area contributed by atoms with Crippen molar-refractivity contribution >= 4 is 46.9 Å². The van der Waals surface area contributed by atoms with Crippen molar-refractivity contribution in [3.8, 4) is 5.75 Å². The molecule has 2 aromatic rings. The van der Waals surface area contributed by atoms with E-state index in [1.807, 2.05) is 17.5 Å². The van der Waals surface area contributed by atoms with Crippen LogP contribution in [0.2, 0.25) is 0 Å². The third-order valence-corrected chi connectivity index (χ3v) is 7.96. The monoisotopic (exact) mass is 530 g/mol. The molecular weight excluding hydrogens is 504 g/mol. The van der Waals surface area contributed by atoms with Crippen molar-refractivity contribution in [2.24, 2.45) is 0 Å². The first kappa shape index (κ1) is 25.8. The van der Waals surface area contributed by atoms with Crippen molar-refractivity contribution in [3.05, 3.63) is 63.5 Å². The van der Waals surface area contributed by atoms with Crippen LogP contribution in [0.25, 0.3) is 0 Å². The summed E-state index contributed by atoms with van der Waals surface area (Å²) in [6, 6.07) is 10.0. The molecule has 2 aliphatic rings. The lowest BCUT2D eigenvalue weighted by Crippen LogP contribution is -2.71. The molecule has 0 saturated carbocycles. The van der Waals surface area contributed by atoms with E-state index in [-0.39, 0.29) is 24.6 Å². The Morgan fingerprint density at radius 2 is 1.94 bits per heavy atom. The zero-order chi connectivity index (χ0) is 25.8. The molecule has 36 heavy (non-hydrogen) atoms. The zero-order valence-electron chi connectivity index (χ0n) is 20.0. The number of methoxy groups -OCH3 is 1. The molecule has 2 amide bonds. The second kappa shape index (κ2) is 11.2. The fourth-order valence-electron chi connectivity index (χ4n) is 4.00. The van der Waals surface area contributed by atoms with Crippen molar-refractivity contribution in [1.82, 2.24) is 10.2 Å². The van der Waals surface area contributed by atoms with E-state index in [0.717, 1.165) is 10.4 Å². The van der Waals surface area contributed by atoms with Gasteiger partial charge in [-0.2, -0.15) is 0 Å². The first-order valence-corrected chi connectivity index (χ1v) is 13.2. The number of esters is 2. The zero-order valence-corrected chi connectivity index (χ0v) is 21.6. The van der Waals surface area contributed by atoms with Gasteiger partial charge in [0, 0.05) is 23.1 Å². The van der Waals surface area contributed by atoms with Crippen molar-refractivity contribution < 1.29 is 33.4 Å². The summed E-state index contributed by atoms with van der Waals surface area (Å²) >= 11 is 2.87. The largest absolute Gasteiger partial charge is 0.497 e. The van der Waals surface area contributed by atoms with Gasteiger partial charge in [0.2, 0.25) is 5.91 Å². The number of thioether (sulfide) groups is 1. The highest BCUT2D eigenvalue weighted by Crippen LogP contribution is 2.42. The Labute approximate surface area is 216 Å². The number of ether oxygens (including phenoxy) is 3. The highest BCUT2D eigenvalue weighted by Gasteiger charge is 2.55. The molecule has 1 saturated heterocycles. The van der Waals surface area contributed by atoms with Crippen LogP contribution in [0.5, 0.6) is 5.75 Å². The molecule has 11 heteroatoms. The van der Waals surface area contributed by atoms with E-state index in [9.17, 15) is 19.2 Å². The van der Waals surface area contributed by atoms with E-state index in [0.29, 0.717) is 17.1 Å². The Morgan fingerprint density at radius 3 is 2.58 bits per heavy atom. The predicted molar refractivity (Wildman–Crippen MR) is 134 cm³/mol. The molecule has 3 atom stereocenters. The normalized spacial score (nSPS) is 19.6. The SMILES string of the molecule is COc1ccc(COC(=O)C2=C(C(C)OC(C)=O)CS[C@H]3C(NC(=O)Cc4cccs4)C(=O)N23)cc1. The molecule has 4 rings (SSSR count). The van der Waals surface area contributed by atoms with Gasteiger partial charge in [-0.25, -0.2) is 4.79 Å². The van der Waals surface area contributed by atoms with E-state index in [2.05, 4.69) is 5.32 Å². The number of nitrogens with zero attached hydrogens (tertiary/aromatic N) is 1. The molecule has 1 aromatic carbocycles. The molecule has 9 nitrogen and oxygen atoms in total. The molecule has 2 unspecified atom stereocenters. The molecule has 0 bridgehead atoms. The smallest absolute Gasteiger partial charge is 0.355 e. The van der Waals surface area contributed by atoms with Crippen LogP contribution in [0.15, 0.2) is 53.0 Å². The number of hydrogen-bond donors (Lipinski definition) is 1. The molecular formula is C25H26N2O7S2. The van der Waals surface area contributed by atoms with E-state index in [4.69, 9.17) is 14.2 Å². The molecule has 1 aromatic heterocycles. The second-order valence-electron chi connectivity index (χ2n) is 8.26. The molecule has 1 N–H and O–H groups in total. The van der Waals surface area contributed by atoms with E-state index in [1.165, 1.54) is 34.9 Å². The highest BCUT2D eigenvalue weighted by atomic mass is 32.2. The van der Waals surface area contributed by atoms with Gasteiger partial charge in [0.05, 0.1) is 13.5 Å². The Balaban J connectivity index is 1.50. The summed E-state index contributed by atoms with van der Waals surface area (Å²) in [6.07, 6.45) is -0.542. The number of benzene rings is 1. The quantitative estimate of drug-likeness (QED) is 0.389. The topological polar surface area (TPSA) is 111 Å². The van der Waals surface area contributed by atoms with Crippen LogP contribution in [-0.2, 0) is 41.7 Å². The minimum Gasteiger partial charge on any atom is -0.497 e. The molecule has 0 spiro atoms. The first-order valence-electron chi connectivity index (χ1n) is 11.2. The van der Waals surface area contributed by atoms with Gasteiger partial charge < -0.3 is 19.5 Å². The van der Waals surface area contributed by atoms with Crippen LogP contribution in [0, 0.1) is 0 Å². The molecule has 3 heterocycles. The van der Waals surface area contributed by atoms with Gasteiger partial charge in [-0.3, -0.25) is 19.3 Å². The average Bonchev–Trinajstić information content (AvgIpc) is 3.37. The van der Waals surface area contributed by atoms with Gasteiger partial charge in [-0.15, -0.1) is 23.1 Å². The molecule has 1 fully saturated rings. The summed E-state index contributed by atoms with van der Waals surface area (Å²) in [5.41, 5.74) is 1.30. The van der Waals surface area contributed by atoms with Crippen LogP contribution in [0.3, 0.4) is 0 Å². The Bertz CT molecular complexity index is 1180. The maximum absolute atomic E-state index is 13.2. The maximum atomic E-state index is 13.2. The number of carbonyl (C=O) groups excluding carboxylic acids is 4. The second-order valence-corrected chi connectivity index (χ2v) is 10.4. The fraction of sp³-hybridized carbons (Fsp3) is 0.360. The highest BCUT2D eigenvalue weighted by molar-refractivity contribution is 8.00. The van der Waals surface area contributed by atoms with Crippen molar-refractivity contribution in [2.75, 3.05) is 12.9 Å². The summed E-state index contributed by atoms with van der Waals surface area (Å²) in [4.78, 5) is 52.6. The van der Waals surface area contributed by atoms with Gasteiger partial charge in [0.1, 0.15) is 35.6 Å². The van der Waals surface area contributed by atoms with Crippen molar-refractivity contribution in [2.45, 2.75) is 44.4 Å². The van der Waals surface area contributed by atoms with Crippen molar-refractivity contribution in [3.63, 3.8) is 0 Å². The van der Waals surface area contributed by atoms with E-state index < -0.39 is 35.4 Å². The number of carbonyl (C=O) groups is 4. The van der Waals surface area contributed by atoms with Gasteiger partial charge in [0.15, 0.2) is 0 Å². The number of rotatable bonds is 9. The number of thiophene rings is 1. The summed E-state index contributed by atoms with van der Waals surface area (Å²) in [5, 5.41) is 4.22. The standard InChI is InChI=1S/C25H26N2O7S2/c1-14(34-15(2)28)19-13-36-24-21(26-20(29)11-18-5-4-10-35-18)23(30)27(24)22(19)25(31)33-12-16-6-8-17(32-3)9-7-16/h4-10,14,21,24H,11-13H2,1-3H3,(H,26,29)/t14?,21?,24-/m0/s1. The van der Waals surface area contributed by atoms with Gasteiger partial charge in [-0.1, -0.05) is 18.2 Å². The van der Waals surface area contributed by atoms with Crippen LogP contribution < -0.4 is 10.1 Å². The fourth-order valence-corrected chi connectivity index (χ4v) is 6.16. The third kappa shape index (κ3) is 5.57. The lowest BCUT2D eigenvalue weighted by atomic mass is 10.0. The first-order chi connectivity index (χ1) is 17.3. The Hall–Kier alpha value is -3.31. The van der Waals surface area contributed by atoms with Crippen LogP contribution in [0.1, 0.15) is 24.3 Å². The van der Waals surface area contributed by atoms with E-state index in [1.54, 1.807) is 38.3 Å². The summed E-state index contributed by atoms with van der Waals surface area (Å²) in [7, 11) is 1.56. The van der Waals surface area contributed by atoms with Crippen LogP contribution in [0.4, 0.5) is 0 Å². The minimum atomic E-state index is -0.752. The van der Waals surface area contributed by atoms with Gasteiger partial charge >= 0.3 is 11.9 Å². The molecule has 190 valence electrons. The number of hydrogen-bond acceptors (Lipinski definition) is 9. The van der Waals surface area contributed by atoms with Crippen molar-refractivity contribution in [1.29, 1.82) is 0 Å². The maximum Gasteiger partial charge on any atom is 0.355 e. The number of β-lactam (4-membered cyclic amide) rings is 1. The van der Waals surface area contributed by atoms with Gasteiger partial charge in [0.25, 0.3) is 5.91 Å². The number of amides is 2.